The van der Waals surface area contributed by atoms with E-state index in [0.29, 0.717) is 36.4 Å². The van der Waals surface area contributed by atoms with Crippen molar-refractivity contribution >= 4 is 52.9 Å². The fraction of sp³-hybridized carbons (Fsp3) is 0.333. The number of anilines is 1. The van der Waals surface area contributed by atoms with Gasteiger partial charge in [-0.05, 0) is 31.0 Å². The number of nitrogens with one attached hydrogen (secondary N) is 3. The number of nitrogens with zero attached hydrogens (tertiary/aromatic N) is 3. The summed E-state index contributed by atoms with van der Waals surface area (Å²) in [4.78, 5) is 19.2. The molecule has 0 unspecified atom stereocenters. The first-order valence-electron chi connectivity index (χ1n) is 8.70. The number of nitro benzene ring substituents is 1. The normalized spacial score (nSPS) is 10.7. The summed E-state index contributed by atoms with van der Waals surface area (Å²) in [5.74, 6) is 0.698. The van der Waals surface area contributed by atoms with Crippen molar-refractivity contribution in [3.05, 3.63) is 63.4 Å². The van der Waals surface area contributed by atoms with Crippen LogP contribution in [0.4, 0.5) is 11.4 Å². The van der Waals surface area contributed by atoms with E-state index in [2.05, 4.69) is 25.9 Å². The van der Waals surface area contributed by atoms with Crippen molar-refractivity contribution in [1.82, 2.24) is 15.6 Å². The third-order valence-corrected chi connectivity index (χ3v) is 3.86. The van der Waals surface area contributed by atoms with Crippen molar-refractivity contribution in [3.63, 3.8) is 0 Å². The largest absolute Gasteiger partial charge is 0.378 e. The SMILES string of the molecule is CCNC(=NCCc1ccc(Cl)nc1)NCCNc1ccccc1[N+](=O)[O-].I. The topological polar surface area (TPSA) is 104 Å². The molecular formula is C18H24ClIN6O2. The summed E-state index contributed by atoms with van der Waals surface area (Å²) in [6, 6.07) is 10.3. The Hall–Kier alpha value is -2.14. The molecule has 1 aromatic carbocycles. The van der Waals surface area contributed by atoms with Crippen molar-refractivity contribution in [2.45, 2.75) is 13.3 Å². The number of benzene rings is 1. The molecular weight excluding hydrogens is 495 g/mol. The zero-order valence-electron chi connectivity index (χ0n) is 15.5. The minimum absolute atomic E-state index is 0. The molecule has 28 heavy (non-hydrogen) atoms. The minimum atomic E-state index is -0.396. The molecule has 3 N–H and O–H groups in total. The van der Waals surface area contributed by atoms with E-state index in [1.807, 2.05) is 13.0 Å². The Balaban J connectivity index is 0.00000392. The number of hydrogen-bond acceptors (Lipinski definition) is 5. The van der Waals surface area contributed by atoms with Crippen molar-refractivity contribution in [2.75, 3.05) is 31.5 Å². The number of nitro groups is 1. The molecule has 2 rings (SSSR count). The first-order chi connectivity index (χ1) is 13.1. The van der Waals surface area contributed by atoms with Gasteiger partial charge in [0.05, 0.1) is 4.92 Å². The van der Waals surface area contributed by atoms with Gasteiger partial charge < -0.3 is 16.0 Å². The van der Waals surface area contributed by atoms with Crippen LogP contribution in [-0.4, -0.2) is 42.0 Å². The van der Waals surface area contributed by atoms with Crippen molar-refractivity contribution in [3.8, 4) is 0 Å². The number of hydrogen-bond donors (Lipinski definition) is 3. The molecule has 0 spiro atoms. The molecule has 8 nitrogen and oxygen atoms in total. The number of para-hydroxylation sites is 2. The van der Waals surface area contributed by atoms with E-state index in [4.69, 9.17) is 11.6 Å². The average molecular weight is 519 g/mol. The second-order valence-electron chi connectivity index (χ2n) is 5.63. The third kappa shape index (κ3) is 8.26. The quantitative estimate of drug-likeness (QED) is 0.0893. The summed E-state index contributed by atoms with van der Waals surface area (Å²) in [6.45, 7) is 4.44. The third-order valence-electron chi connectivity index (χ3n) is 3.64. The molecule has 0 bridgehead atoms. The van der Waals surface area contributed by atoms with E-state index in [9.17, 15) is 10.1 Å². The Labute approximate surface area is 186 Å². The summed E-state index contributed by atoms with van der Waals surface area (Å²) in [7, 11) is 0. The molecule has 10 heteroatoms. The van der Waals surface area contributed by atoms with E-state index >= 15 is 0 Å². The number of aromatic nitrogens is 1. The fourth-order valence-electron chi connectivity index (χ4n) is 2.35. The molecule has 1 aromatic heterocycles. The molecule has 1 heterocycles. The fourth-order valence-corrected chi connectivity index (χ4v) is 2.47. The average Bonchev–Trinajstić information content (AvgIpc) is 2.67. The van der Waals surface area contributed by atoms with Crippen molar-refractivity contribution in [2.24, 2.45) is 4.99 Å². The summed E-state index contributed by atoms with van der Waals surface area (Å²) in [6.07, 6.45) is 2.50. The lowest BCUT2D eigenvalue weighted by atomic mass is 10.2. The standard InChI is InChI=1S/C18H23ClN6O2.HI/c1-2-20-18(22-10-9-14-7-8-17(19)24-13-14)23-12-11-21-15-5-3-4-6-16(15)25(26)27;/h3-8,13,21H,2,9-12H2,1H3,(H2,20,22,23);1H. The summed E-state index contributed by atoms with van der Waals surface area (Å²) < 4.78 is 0. The summed E-state index contributed by atoms with van der Waals surface area (Å²) >= 11 is 5.78. The van der Waals surface area contributed by atoms with E-state index < -0.39 is 4.92 Å². The van der Waals surface area contributed by atoms with Gasteiger partial charge in [0.15, 0.2) is 5.96 Å². The number of rotatable bonds is 9. The lowest BCUT2D eigenvalue weighted by molar-refractivity contribution is -0.384. The Bertz CT molecular complexity index is 773. The summed E-state index contributed by atoms with van der Waals surface area (Å²) in [5.41, 5.74) is 1.63. The maximum absolute atomic E-state index is 11.0. The molecule has 0 radical (unpaired) electrons. The van der Waals surface area contributed by atoms with E-state index in [0.717, 1.165) is 18.5 Å². The van der Waals surface area contributed by atoms with Gasteiger partial charge >= 0.3 is 0 Å². The first kappa shape index (κ1) is 23.9. The summed E-state index contributed by atoms with van der Waals surface area (Å²) in [5, 5.41) is 20.9. The van der Waals surface area contributed by atoms with Crippen LogP contribution in [0.25, 0.3) is 0 Å². The second kappa shape index (κ2) is 13.1. The zero-order chi connectivity index (χ0) is 19.5. The van der Waals surface area contributed by atoms with Gasteiger partial charge in [0.25, 0.3) is 5.69 Å². The van der Waals surface area contributed by atoms with Gasteiger partial charge in [-0.3, -0.25) is 15.1 Å². The lowest BCUT2D eigenvalue weighted by Crippen LogP contribution is -2.39. The van der Waals surface area contributed by atoms with Gasteiger partial charge in [-0.2, -0.15) is 0 Å². The molecule has 0 atom stereocenters. The van der Waals surface area contributed by atoms with Crippen molar-refractivity contribution in [1.29, 1.82) is 0 Å². The van der Waals surface area contributed by atoms with Crippen LogP contribution in [0.3, 0.4) is 0 Å². The molecule has 0 aliphatic rings. The van der Waals surface area contributed by atoms with Gasteiger partial charge in [0.1, 0.15) is 10.8 Å². The van der Waals surface area contributed by atoms with Crippen LogP contribution < -0.4 is 16.0 Å². The Kier molecular flexibility index (Phi) is 11.2. The highest BCUT2D eigenvalue weighted by atomic mass is 127. The van der Waals surface area contributed by atoms with Crippen LogP contribution in [0.2, 0.25) is 5.15 Å². The maximum atomic E-state index is 11.0. The smallest absolute Gasteiger partial charge is 0.292 e. The molecule has 0 fully saturated rings. The zero-order valence-corrected chi connectivity index (χ0v) is 18.6. The van der Waals surface area contributed by atoms with Crippen LogP contribution in [-0.2, 0) is 6.42 Å². The maximum Gasteiger partial charge on any atom is 0.292 e. The van der Waals surface area contributed by atoms with Crippen LogP contribution in [0.5, 0.6) is 0 Å². The predicted octanol–water partition coefficient (Wildman–Crippen LogP) is 3.47. The highest BCUT2D eigenvalue weighted by Gasteiger charge is 2.11. The van der Waals surface area contributed by atoms with Crippen LogP contribution in [0, 0.1) is 10.1 Å². The van der Waals surface area contributed by atoms with E-state index in [1.165, 1.54) is 6.07 Å². The van der Waals surface area contributed by atoms with E-state index in [1.54, 1.807) is 30.5 Å². The van der Waals surface area contributed by atoms with Crippen molar-refractivity contribution < 1.29 is 4.92 Å². The number of aliphatic imine (C=N–C) groups is 1. The molecule has 0 saturated carbocycles. The van der Waals surface area contributed by atoms with Crippen LogP contribution in [0.15, 0.2) is 47.6 Å². The van der Waals surface area contributed by atoms with Gasteiger partial charge in [-0.1, -0.05) is 29.8 Å². The van der Waals surface area contributed by atoms with E-state index in [-0.39, 0.29) is 29.7 Å². The predicted molar refractivity (Wildman–Crippen MR) is 124 cm³/mol. The van der Waals surface area contributed by atoms with Crippen LogP contribution in [0.1, 0.15) is 12.5 Å². The first-order valence-corrected chi connectivity index (χ1v) is 9.08. The number of halogens is 2. The Morgan fingerprint density at radius 1 is 1.21 bits per heavy atom. The lowest BCUT2D eigenvalue weighted by Gasteiger charge is -2.12. The minimum Gasteiger partial charge on any atom is -0.378 e. The molecule has 2 aromatic rings. The molecule has 152 valence electrons. The highest BCUT2D eigenvalue weighted by Crippen LogP contribution is 2.22. The van der Waals surface area contributed by atoms with Crippen LogP contribution >= 0.6 is 35.6 Å². The molecule has 0 aliphatic carbocycles. The monoisotopic (exact) mass is 518 g/mol. The van der Waals surface area contributed by atoms with Gasteiger partial charge in [-0.15, -0.1) is 24.0 Å². The van der Waals surface area contributed by atoms with Gasteiger partial charge in [-0.25, -0.2) is 4.98 Å². The second-order valence-corrected chi connectivity index (χ2v) is 6.01. The highest BCUT2D eigenvalue weighted by molar-refractivity contribution is 14.0. The number of guanidine groups is 1. The Morgan fingerprint density at radius 3 is 2.68 bits per heavy atom. The molecule has 0 amide bonds. The molecule has 0 saturated heterocycles. The molecule has 0 aliphatic heterocycles. The van der Waals surface area contributed by atoms with Gasteiger partial charge in [0.2, 0.25) is 0 Å². The Morgan fingerprint density at radius 2 is 2.00 bits per heavy atom. The number of pyridine rings is 1. The van der Waals surface area contributed by atoms with Gasteiger partial charge in [0, 0.05) is 38.4 Å².